The number of piperazine rings is 1. The van der Waals surface area contributed by atoms with Crippen molar-refractivity contribution in [1.29, 1.82) is 0 Å². The molecule has 2 heterocycles. The van der Waals surface area contributed by atoms with Gasteiger partial charge in [0.25, 0.3) is 0 Å². The zero-order valence-electron chi connectivity index (χ0n) is 11.0. The number of hydrogen-bond donors (Lipinski definition) is 1. The van der Waals surface area contributed by atoms with E-state index in [1.807, 2.05) is 12.4 Å². The smallest absolute Gasteiger partial charge is 0.115 e. The van der Waals surface area contributed by atoms with Crippen molar-refractivity contribution in [2.75, 3.05) is 18.0 Å². The molecule has 1 saturated heterocycles. The minimum absolute atomic E-state index is 0.336. The fourth-order valence-electron chi connectivity index (χ4n) is 2.61. The number of hydrogen-bond acceptors (Lipinski definition) is 4. The summed E-state index contributed by atoms with van der Waals surface area (Å²) in [6.07, 6.45) is 5.36. The lowest BCUT2D eigenvalue weighted by Gasteiger charge is -2.40. The molecule has 0 saturated carbocycles. The molecule has 1 N–H and O–H groups in total. The van der Waals surface area contributed by atoms with Gasteiger partial charge in [-0.15, -0.1) is 0 Å². The van der Waals surface area contributed by atoms with Crippen molar-refractivity contribution in [3.05, 3.63) is 54.6 Å². The third-order valence-corrected chi connectivity index (χ3v) is 3.57. The third-order valence-electron chi connectivity index (χ3n) is 3.57. The Hall–Kier alpha value is -1.94. The first kappa shape index (κ1) is 12.1. The van der Waals surface area contributed by atoms with Gasteiger partial charge in [0.2, 0.25) is 0 Å². The Balaban J connectivity index is 1.93. The number of aromatic nitrogens is 2. The van der Waals surface area contributed by atoms with Gasteiger partial charge in [0.15, 0.2) is 0 Å². The van der Waals surface area contributed by atoms with Crippen LogP contribution >= 0.6 is 0 Å². The fraction of sp³-hybridized carbons (Fsp3) is 0.333. The quantitative estimate of drug-likeness (QED) is 0.890. The molecule has 4 heteroatoms. The lowest BCUT2D eigenvalue weighted by molar-refractivity contribution is 0.416. The maximum absolute atomic E-state index is 4.14. The van der Waals surface area contributed by atoms with Crippen LogP contribution in [0.3, 0.4) is 0 Å². The predicted octanol–water partition coefficient (Wildman–Crippen LogP) is 2.02. The highest BCUT2D eigenvalue weighted by Gasteiger charge is 2.27. The van der Waals surface area contributed by atoms with Crippen LogP contribution in [-0.2, 0) is 0 Å². The Bertz CT molecular complexity index is 514. The van der Waals surface area contributed by atoms with Crippen LogP contribution in [0.5, 0.6) is 0 Å². The average Bonchev–Trinajstić information content (AvgIpc) is 2.49. The second-order valence-electron chi connectivity index (χ2n) is 4.98. The highest BCUT2D eigenvalue weighted by Crippen LogP contribution is 2.28. The summed E-state index contributed by atoms with van der Waals surface area (Å²) in [7, 11) is 0. The molecule has 1 aliphatic rings. The van der Waals surface area contributed by atoms with E-state index in [0.717, 1.165) is 18.8 Å². The summed E-state index contributed by atoms with van der Waals surface area (Å²) >= 11 is 0. The Morgan fingerprint density at radius 2 is 1.89 bits per heavy atom. The van der Waals surface area contributed by atoms with Gasteiger partial charge < -0.3 is 10.2 Å². The molecule has 0 radical (unpaired) electrons. The van der Waals surface area contributed by atoms with E-state index in [2.05, 4.69) is 57.4 Å². The average molecular weight is 254 g/mol. The molecule has 4 nitrogen and oxygen atoms in total. The van der Waals surface area contributed by atoms with Crippen LogP contribution < -0.4 is 10.2 Å². The summed E-state index contributed by atoms with van der Waals surface area (Å²) in [6, 6.07) is 11.4. The summed E-state index contributed by atoms with van der Waals surface area (Å²) in [5, 5.41) is 3.55. The molecular formula is C15H18N4. The van der Waals surface area contributed by atoms with Gasteiger partial charge in [0.1, 0.15) is 6.33 Å². The van der Waals surface area contributed by atoms with E-state index in [-0.39, 0.29) is 0 Å². The second-order valence-corrected chi connectivity index (χ2v) is 4.98. The van der Waals surface area contributed by atoms with Gasteiger partial charge in [0.05, 0.1) is 24.1 Å². The number of anilines is 1. The van der Waals surface area contributed by atoms with Crippen molar-refractivity contribution in [2.45, 2.75) is 19.0 Å². The van der Waals surface area contributed by atoms with E-state index in [1.165, 1.54) is 5.56 Å². The van der Waals surface area contributed by atoms with Crippen LogP contribution in [-0.4, -0.2) is 29.1 Å². The highest BCUT2D eigenvalue weighted by atomic mass is 15.2. The number of nitrogens with zero attached hydrogens (tertiary/aromatic N) is 3. The van der Waals surface area contributed by atoms with Crippen molar-refractivity contribution in [3.8, 4) is 0 Å². The third kappa shape index (κ3) is 2.58. The zero-order chi connectivity index (χ0) is 13.1. The monoisotopic (exact) mass is 254 g/mol. The molecule has 2 atom stereocenters. The molecule has 0 spiro atoms. The predicted molar refractivity (Wildman–Crippen MR) is 76.0 cm³/mol. The van der Waals surface area contributed by atoms with E-state index in [0.29, 0.717) is 12.1 Å². The van der Waals surface area contributed by atoms with Gasteiger partial charge in [-0.05, 0) is 12.5 Å². The molecule has 98 valence electrons. The lowest BCUT2D eigenvalue weighted by atomic mass is 10.0. The Labute approximate surface area is 113 Å². The molecule has 3 rings (SSSR count). The number of benzene rings is 1. The Morgan fingerprint density at radius 1 is 1.16 bits per heavy atom. The van der Waals surface area contributed by atoms with Crippen LogP contribution in [0, 0.1) is 0 Å². The summed E-state index contributed by atoms with van der Waals surface area (Å²) in [5.41, 5.74) is 2.41. The molecule has 1 fully saturated rings. The standard InChI is InChI=1S/C15H18N4/c1-12-10-19(14-7-16-11-17-8-14)15(9-18-12)13-5-3-2-4-6-13/h2-8,11-12,15,18H,9-10H2,1H3. The minimum Gasteiger partial charge on any atom is -0.359 e. The first-order valence-electron chi connectivity index (χ1n) is 6.64. The summed E-state index contributed by atoms with van der Waals surface area (Å²) in [4.78, 5) is 10.7. The van der Waals surface area contributed by atoms with E-state index in [4.69, 9.17) is 0 Å². The first-order valence-corrected chi connectivity index (χ1v) is 6.64. The van der Waals surface area contributed by atoms with Crippen LogP contribution in [0.25, 0.3) is 0 Å². The Kier molecular flexibility index (Phi) is 3.42. The van der Waals surface area contributed by atoms with Gasteiger partial charge in [-0.1, -0.05) is 30.3 Å². The molecular weight excluding hydrogens is 236 g/mol. The number of nitrogens with one attached hydrogen (secondary N) is 1. The van der Waals surface area contributed by atoms with Gasteiger partial charge in [-0.3, -0.25) is 0 Å². The summed E-state index contributed by atoms with van der Waals surface area (Å²) < 4.78 is 0. The lowest BCUT2D eigenvalue weighted by Crippen LogP contribution is -2.51. The van der Waals surface area contributed by atoms with Crippen LogP contribution in [0.2, 0.25) is 0 Å². The van der Waals surface area contributed by atoms with E-state index in [1.54, 1.807) is 6.33 Å². The topological polar surface area (TPSA) is 41.1 Å². The van der Waals surface area contributed by atoms with E-state index < -0.39 is 0 Å². The molecule has 0 bridgehead atoms. The maximum Gasteiger partial charge on any atom is 0.115 e. The van der Waals surface area contributed by atoms with Crippen LogP contribution in [0.1, 0.15) is 18.5 Å². The molecule has 1 aromatic carbocycles. The molecule has 2 aromatic rings. The molecule has 1 aromatic heterocycles. The molecule has 1 aliphatic heterocycles. The molecule has 0 aliphatic carbocycles. The highest BCUT2D eigenvalue weighted by molar-refractivity contribution is 5.46. The van der Waals surface area contributed by atoms with Gasteiger partial charge in [-0.25, -0.2) is 9.97 Å². The van der Waals surface area contributed by atoms with Gasteiger partial charge >= 0.3 is 0 Å². The second kappa shape index (κ2) is 5.36. The zero-order valence-corrected chi connectivity index (χ0v) is 11.0. The minimum atomic E-state index is 0.336. The van der Waals surface area contributed by atoms with Crippen molar-refractivity contribution < 1.29 is 0 Å². The summed E-state index contributed by atoms with van der Waals surface area (Å²) in [5.74, 6) is 0. The summed E-state index contributed by atoms with van der Waals surface area (Å²) in [6.45, 7) is 4.12. The largest absolute Gasteiger partial charge is 0.359 e. The maximum atomic E-state index is 4.14. The normalized spacial score (nSPS) is 23.3. The van der Waals surface area contributed by atoms with Crippen molar-refractivity contribution in [1.82, 2.24) is 15.3 Å². The molecule has 2 unspecified atom stereocenters. The SMILES string of the molecule is CC1CN(c2cncnc2)C(c2ccccc2)CN1. The Morgan fingerprint density at radius 3 is 2.63 bits per heavy atom. The van der Waals surface area contributed by atoms with Crippen molar-refractivity contribution in [2.24, 2.45) is 0 Å². The van der Waals surface area contributed by atoms with Gasteiger partial charge in [0, 0.05) is 19.1 Å². The van der Waals surface area contributed by atoms with Gasteiger partial charge in [-0.2, -0.15) is 0 Å². The molecule has 19 heavy (non-hydrogen) atoms. The van der Waals surface area contributed by atoms with Crippen molar-refractivity contribution in [3.63, 3.8) is 0 Å². The van der Waals surface area contributed by atoms with Crippen molar-refractivity contribution >= 4 is 5.69 Å². The van der Waals surface area contributed by atoms with Crippen LogP contribution in [0.4, 0.5) is 5.69 Å². The number of rotatable bonds is 2. The van der Waals surface area contributed by atoms with E-state index >= 15 is 0 Å². The van der Waals surface area contributed by atoms with E-state index in [9.17, 15) is 0 Å². The first-order chi connectivity index (χ1) is 9.34. The molecule has 0 amide bonds. The fourth-order valence-corrected chi connectivity index (χ4v) is 2.61. The van der Waals surface area contributed by atoms with Crippen LogP contribution in [0.15, 0.2) is 49.1 Å².